The molecule has 0 aliphatic heterocycles. The molecule has 1 aromatic carbocycles. The number of carbonyl (C=O) groups excluding carboxylic acids is 3. The van der Waals surface area contributed by atoms with Crippen LogP contribution in [0.25, 0.3) is 0 Å². The fourth-order valence-electron chi connectivity index (χ4n) is 1.84. The van der Waals surface area contributed by atoms with E-state index in [4.69, 9.17) is 4.74 Å². The predicted octanol–water partition coefficient (Wildman–Crippen LogP) is 2.33. The molecule has 1 heterocycles. The third-order valence-electron chi connectivity index (χ3n) is 3.10. The van der Waals surface area contributed by atoms with Gasteiger partial charge in [-0.2, -0.15) is 0 Å². The monoisotopic (exact) mass is 362 g/mol. The molecule has 25 heavy (non-hydrogen) atoms. The maximum Gasteiger partial charge on any atom is 0.338 e. The number of Topliss-reactive ketones (excluding diaryl/α,β-unsaturated/α-hetero) is 1. The van der Waals surface area contributed by atoms with Crippen molar-refractivity contribution in [1.82, 2.24) is 5.32 Å². The number of carbonyl (C=O) groups is 3. The first-order valence-corrected chi connectivity index (χ1v) is 7.96. The average molecular weight is 362 g/mol. The Hall–Kier alpha value is -3.07. The number of ketones is 1. The van der Waals surface area contributed by atoms with Gasteiger partial charge in [-0.3, -0.25) is 19.7 Å². The Labute approximate surface area is 146 Å². The van der Waals surface area contributed by atoms with E-state index in [-0.39, 0.29) is 22.9 Å². The highest BCUT2D eigenvalue weighted by Gasteiger charge is 2.15. The zero-order chi connectivity index (χ0) is 18.4. The number of benzene rings is 1. The molecule has 0 saturated heterocycles. The van der Waals surface area contributed by atoms with Crippen molar-refractivity contribution in [3.05, 3.63) is 61.8 Å². The van der Waals surface area contributed by atoms with Crippen molar-refractivity contribution < 1.29 is 24.0 Å². The van der Waals surface area contributed by atoms with Gasteiger partial charge in [-0.25, -0.2) is 4.79 Å². The Kier molecular flexibility index (Phi) is 5.96. The standard InChI is InChI=1S/C16H14N2O6S/c1-10(19)17-8-13-6-7-15(25-13)14(20)9-24-16(21)11-2-4-12(5-3-11)18(22)23/h2-7H,8-9H2,1H3,(H,17,19). The second-order valence-corrected chi connectivity index (χ2v) is 6.15. The van der Waals surface area contributed by atoms with E-state index >= 15 is 0 Å². The van der Waals surface area contributed by atoms with Gasteiger partial charge in [-0.1, -0.05) is 0 Å². The van der Waals surface area contributed by atoms with Gasteiger partial charge in [-0.05, 0) is 24.3 Å². The smallest absolute Gasteiger partial charge is 0.338 e. The second kappa shape index (κ2) is 8.15. The van der Waals surface area contributed by atoms with E-state index in [1.165, 1.54) is 42.5 Å². The number of amides is 1. The lowest BCUT2D eigenvalue weighted by Gasteiger charge is -2.03. The molecule has 1 N–H and O–H groups in total. The van der Waals surface area contributed by atoms with Gasteiger partial charge in [0.25, 0.3) is 5.69 Å². The minimum absolute atomic E-state index is 0.121. The first-order chi connectivity index (χ1) is 11.9. The molecule has 0 fully saturated rings. The Morgan fingerprint density at radius 2 is 1.84 bits per heavy atom. The zero-order valence-corrected chi connectivity index (χ0v) is 14.0. The van der Waals surface area contributed by atoms with Crippen LogP contribution in [0.15, 0.2) is 36.4 Å². The molecule has 0 atom stereocenters. The van der Waals surface area contributed by atoms with Gasteiger partial charge in [0.15, 0.2) is 6.61 Å². The zero-order valence-electron chi connectivity index (χ0n) is 13.2. The highest BCUT2D eigenvalue weighted by atomic mass is 32.1. The average Bonchev–Trinajstić information content (AvgIpc) is 3.06. The van der Waals surface area contributed by atoms with Crippen molar-refractivity contribution in [2.45, 2.75) is 13.5 Å². The fourth-order valence-corrected chi connectivity index (χ4v) is 2.71. The van der Waals surface area contributed by atoms with Crippen molar-refractivity contribution in [1.29, 1.82) is 0 Å². The van der Waals surface area contributed by atoms with Crippen LogP contribution in [0, 0.1) is 10.1 Å². The first-order valence-electron chi connectivity index (χ1n) is 7.14. The number of non-ortho nitro benzene ring substituents is 1. The Balaban J connectivity index is 1.89. The summed E-state index contributed by atoms with van der Waals surface area (Å²) in [5.41, 5.74) is -0.0196. The number of nitrogens with one attached hydrogen (secondary N) is 1. The van der Waals surface area contributed by atoms with E-state index in [0.717, 1.165) is 4.88 Å². The molecular weight excluding hydrogens is 348 g/mol. The summed E-state index contributed by atoms with van der Waals surface area (Å²) in [6.07, 6.45) is 0. The summed E-state index contributed by atoms with van der Waals surface area (Å²) in [4.78, 5) is 46.0. The lowest BCUT2D eigenvalue weighted by Crippen LogP contribution is -2.18. The highest BCUT2D eigenvalue weighted by molar-refractivity contribution is 7.14. The van der Waals surface area contributed by atoms with Crippen LogP contribution < -0.4 is 5.32 Å². The van der Waals surface area contributed by atoms with Crippen LogP contribution in [0.4, 0.5) is 5.69 Å². The summed E-state index contributed by atoms with van der Waals surface area (Å²) in [6.45, 7) is 1.29. The van der Waals surface area contributed by atoms with Crippen molar-refractivity contribution in [3.63, 3.8) is 0 Å². The normalized spacial score (nSPS) is 10.1. The minimum Gasteiger partial charge on any atom is -0.454 e. The van der Waals surface area contributed by atoms with E-state index in [2.05, 4.69) is 5.32 Å². The number of nitro benzene ring substituents is 1. The molecule has 0 aliphatic carbocycles. The van der Waals surface area contributed by atoms with E-state index in [9.17, 15) is 24.5 Å². The number of hydrogen-bond acceptors (Lipinski definition) is 7. The molecule has 9 heteroatoms. The highest BCUT2D eigenvalue weighted by Crippen LogP contribution is 2.17. The molecule has 0 unspecified atom stereocenters. The summed E-state index contributed by atoms with van der Waals surface area (Å²) in [7, 11) is 0. The maximum atomic E-state index is 12.0. The van der Waals surface area contributed by atoms with Crippen LogP contribution in [-0.4, -0.2) is 29.2 Å². The van der Waals surface area contributed by atoms with Crippen LogP contribution in [0.1, 0.15) is 31.8 Å². The molecule has 130 valence electrons. The third-order valence-corrected chi connectivity index (χ3v) is 4.22. The van der Waals surface area contributed by atoms with E-state index in [0.29, 0.717) is 11.4 Å². The molecule has 1 aromatic heterocycles. The number of hydrogen-bond donors (Lipinski definition) is 1. The van der Waals surface area contributed by atoms with E-state index < -0.39 is 17.5 Å². The predicted molar refractivity (Wildman–Crippen MR) is 89.5 cm³/mol. The lowest BCUT2D eigenvalue weighted by atomic mass is 10.2. The summed E-state index contributed by atoms with van der Waals surface area (Å²) in [5, 5.41) is 13.2. The number of esters is 1. The van der Waals surface area contributed by atoms with Crippen molar-refractivity contribution in [3.8, 4) is 0 Å². The largest absolute Gasteiger partial charge is 0.454 e. The van der Waals surface area contributed by atoms with Crippen LogP contribution in [0.5, 0.6) is 0 Å². The van der Waals surface area contributed by atoms with Gasteiger partial charge in [-0.15, -0.1) is 11.3 Å². The summed E-state index contributed by atoms with van der Waals surface area (Å²) >= 11 is 1.21. The lowest BCUT2D eigenvalue weighted by molar-refractivity contribution is -0.384. The number of rotatable bonds is 7. The maximum absolute atomic E-state index is 12.0. The van der Waals surface area contributed by atoms with Crippen LogP contribution in [0.2, 0.25) is 0 Å². The van der Waals surface area contributed by atoms with Crippen LogP contribution in [0.3, 0.4) is 0 Å². The molecule has 0 aliphatic rings. The SMILES string of the molecule is CC(=O)NCc1ccc(C(=O)COC(=O)c2ccc([N+](=O)[O-])cc2)s1. The number of thiophene rings is 1. The van der Waals surface area contributed by atoms with Gasteiger partial charge in [0.1, 0.15) is 0 Å². The second-order valence-electron chi connectivity index (χ2n) is 4.98. The molecule has 2 aromatic rings. The molecule has 1 amide bonds. The van der Waals surface area contributed by atoms with Gasteiger partial charge in [0.05, 0.1) is 21.9 Å². The molecule has 0 spiro atoms. The molecule has 0 radical (unpaired) electrons. The van der Waals surface area contributed by atoms with Crippen LogP contribution >= 0.6 is 11.3 Å². The van der Waals surface area contributed by atoms with Gasteiger partial charge in [0.2, 0.25) is 11.7 Å². The minimum atomic E-state index is -0.738. The van der Waals surface area contributed by atoms with Crippen molar-refractivity contribution >= 4 is 34.7 Å². The Morgan fingerprint density at radius 1 is 1.16 bits per heavy atom. The Morgan fingerprint density at radius 3 is 2.44 bits per heavy atom. The molecule has 0 bridgehead atoms. The third kappa shape index (κ3) is 5.21. The van der Waals surface area contributed by atoms with Crippen molar-refractivity contribution in [2.24, 2.45) is 0 Å². The molecule has 2 rings (SSSR count). The van der Waals surface area contributed by atoms with Gasteiger partial charge < -0.3 is 10.1 Å². The number of ether oxygens (including phenoxy) is 1. The van der Waals surface area contributed by atoms with Gasteiger partial charge in [0, 0.05) is 23.9 Å². The fraction of sp³-hybridized carbons (Fsp3) is 0.188. The number of nitro groups is 1. The van der Waals surface area contributed by atoms with E-state index in [1.807, 2.05) is 0 Å². The molecule has 0 saturated carbocycles. The summed E-state index contributed by atoms with van der Waals surface area (Å²) in [5.74, 6) is -1.27. The summed E-state index contributed by atoms with van der Waals surface area (Å²) in [6, 6.07) is 8.22. The summed E-state index contributed by atoms with van der Waals surface area (Å²) < 4.78 is 4.93. The Bertz CT molecular complexity index is 812. The van der Waals surface area contributed by atoms with E-state index in [1.54, 1.807) is 12.1 Å². The molecular formula is C16H14N2O6S. The topological polar surface area (TPSA) is 116 Å². The van der Waals surface area contributed by atoms with Gasteiger partial charge >= 0.3 is 5.97 Å². The van der Waals surface area contributed by atoms with Crippen LogP contribution in [-0.2, 0) is 16.1 Å². The van der Waals surface area contributed by atoms with Crippen molar-refractivity contribution in [2.75, 3.05) is 6.61 Å². The quantitative estimate of drug-likeness (QED) is 0.350. The first kappa shape index (κ1) is 18.3. The number of nitrogens with zero attached hydrogens (tertiary/aromatic N) is 1. The molecule has 8 nitrogen and oxygen atoms in total.